The van der Waals surface area contributed by atoms with Crippen molar-refractivity contribution in [2.75, 3.05) is 0 Å². The van der Waals surface area contributed by atoms with Crippen molar-refractivity contribution < 1.29 is 14.6 Å². The highest BCUT2D eigenvalue weighted by atomic mass is 16.5. The molecule has 2 rings (SSSR count). The van der Waals surface area contributed by atoms with Crippen LogP contribution in [0.15, 0.2) is 48.5 Å². The highest BCUT2D eigenvalue weighted by Crippen LogP contribution is 2.24. The monoisotopic (exact) mass is 268 g/mol. The number of hydrogen-bond acceptors (Lipinski definition) is 2. The molecule has 0 radical (unpaired) electrons. The number of carboxylic acid groups (broad SMARTS) is 1. The standard InChI is InChI=1S/C17H16O3/c1-12-3-7-16(11-13(12)2)20-15-8-4-14(5-9-15)6-10-17(18)19/h3-11H,1-2H3,(H,18,19). The van der Waals surface area contributed by atoms with E-state index in [0.29, 0.717) is 0 Å². The van der Waals surface area contributed by atoms with E-state index in [1.807, 2.05) is 49.4 Å². The highest BCUT2D eigenvalue weighted by Gasteiger charge is 1.99. The van der Waals surface area contributed by atoms with E-state index in [9.17, 15) is 4.79 Å². The maximum absolute atomic E-state index is 10.4. The Labute approximate surface area is 118 Å². The molecular formula is C17H16O3. The number of carbonyl (C=O) groups is 1. The fourth-order valence-electron chi connectivity index (χ4n) is 1.73. The van der Waals surface area contributed by atoms with Gasteiger partial charge >= 0.3 is 5.97 Å². The first-order valence-electron chi connectivity index (χ1n) is 6.31. The molecule has 3 heteroatoms. The van der Waals surface area contributed by atoms with Gasteiger partial charge in [-0.25, -0.2) is 4.79 Å². The Hall–Kier alpha value is -2.55. The molecule has 0 unspecified atom stereocenters. The zero-order valence-electron chi connectivity index (χ0n) is 11.5. The van der Waals surface area contributed by atoms with E-state index in [4.69, 9.17) is 9.84 Å². The molecule has 2 aromatic carbocycles. The van der Waals surface area contributed by atoms with Crippen LogP contribution in [0, 0.1) is 13.8 Å². The molecule has 3 nitrogen and oxygen atoms in total. The first-order chi connectivity index (χ1) is 9.54. The van der Waals surface area contributed by atoms with Crippen LogP contribution in [0.4, 0.5) is 0 Å². The Morgan fingerprint density at radius 2 is 1.65 bits per heavy atom. The SMILES string of the molecule is Cc1ccc(Oc2ccc(C=CC(=O)O)cc2)cc1C. The van der Waals surface area contributed by atoms with Gasteiger partial charge in [-0.1, -0.05) is 18.2 Å². The minimum Gasteiger partial charge on any atom is -0.478 e. The number of rotatable bonds is 4. The Morgan fingerprint density at radius 1 is 1.00 bits per heavy atom. The van der Waals surface area contributed by atoms with Crippen LogP contribution in [0.3, 0.4) is 0 Å². The van der Waals surface area contributed by atoms with Crippen LogP contribution in [-0.2, 0) is 4.79 Å². The fourth-order valence-corrected chi connectivity index (χ4v) is 1.73. The van der Waals surface area contributed by atoms with Gasteiger partial charge in [-0.15, -0.1) is 0 Å². The summed E-state index contributed by atoms with van der Waals surface area (Å²) < 4.78 is 5.75. The second-order valence-corrected chi connectivity index (χ2v) is 4.59. The molecule has 1 N–H and O–H groups in total. The van der Waals surface area contributed by atoms with Crippen LogP contribution in [0.2, 0.25) is 0 Å². The van der Waals surface area contributed by atoms with Crippen molar-refractivity contribution in [3.63, 3.8) is 0 Å². The first-order valence-corrected chi connectivity index (χ1v) is 6.31. The second kappa shape index (κ2) is 6.06. The summed E-state index contributed by atoms with van der Waals surface area (Å²) in [5, 5.41) is 8.56. The molecule has 0 heterocycles. The van der Waals surface area contributed by atoms with Crippen molar-refractivity contribution in [1.29, 1.82) is 0 Å². The van der Waals surface area contributed by atoms with Crippen LogP contribution in [-0.4, -0.2) is 11.1 Å². The number of aryl methyl sites for hydroxylation is 2. The summed E-state index contributed by atoms with van der Waals surface area (Å²) in [4.78, 5) is 10.4. The van der Waals surface area contributed by atoms with E-state index < -0.39 is 5.97 Å². The summed E-state index contributed by atoms with van der Waals surface area (Å²) in [6.45, 7) is 4.10. The van der Waals surface area contributed by atoms with E-state index in [0.717, 1.165) is 23.1 Å². The Morgan fingerprint density at radius 3 is 2.25 bits per heavy atom. The number of carboxylic acids is 1. The van der Waals surface area contributed by atoms with Crippen LogP contribution in [0.1, 0.15) is 16.7 Å². The number of aliphatic carboxylic acids is 1. The molecule has 0 aliphatic carbocycles. The summed E-state index contributed by atoms with van der Waals surface area (Å²) in [6, 6.07) is 13.2. The molecule has 0 saturated carbocycles. The predicted molar refractivity (Wildman–Crippen MR) is 79.1 cm³/mol. The van der Waals surface area contributed by atoms with Crippen molar-refractivity contribution in [2.45, 2.75) is 13.8 Å². The van der Waals surface area contributed by atoms with E-state index in [1.54, 1.807) is 6.08 Å². The van der Waals surface area contributed by atoms with Gasteiger partial charge in [0.2, 0.25) is 0 Å². The van der Waals surface area contributed by atoms with Crippen molar-refractivity contribution in [3.05, 3.63) is 65.2 Å². The van der Waals surface area contributed by atoms with Gasteiger partial charge in [0.25, 0.3) is 0 Å². The zero-order valence-corrected chi connectivity index (χ0v) is 11.5. The molecule has 0 aliphatic rings. The molecule has 102 valence electrons. The summed E-state index contributed by atoms with van der Waals surface area (Å²) in [5.41, 5.74) is 3.23. The second-order valence-electron chi connectivity index (χ2n) is 4.59. The van der Waals surface area contributed by atoms with Gasteiger partial charge in [0.05, 0.1) is 0 Å². The third kappa shape index (κ3) is 3.72. The van der Waals surface area contributed by atoms with Gasteiger partial charge in [-0.3, -0.25) is 0 Å². The molecule has 0 fully saturated rings. The lowest BCUT2D eigenvalue weighted by atomic mass is 10.1. The molecule has 20 heavy (non-hydrogen) atoms. The summed E-state index contributed by atoms with van der Waals surface area (Å²) in [6.07, 6.45) is 2.65. The van der Waals surface area contributed by atoms with Crippen molar-refractivity contribution in [1.82, 2.24) is 0 Å². The molecule has 0 aromatic heterocycles. The Kier molecular flexibility index (Phi) is 4.20. The van der Waals surface area contributed by atoms with Gasteiger partial charge < -0.3 is 9.84 Å². The molecule has 0 aliphatic heterocycles. The van der Waals surface area contributed by atoms with E-state index >= 15 is 0 Å². The van der Waals surface area contributed by atoms with Gasteiger partial charge in [0.15, 0.2) is 0 Å². The minimum atomic E-state index is -0.958. The van der Waals surface area contributed by atoms with E-state index in [1.165, 1.54) is 11.1 Å². The lowest BCUT2D eigenvalue weighted by Crippen LogP contribution is -1.88. The highest BCUT2D eigenvalue weighted by molar-refractivity contribution is 5.85. The maximum atomic E-state index is 10.4. The van der Waals surface area contributed by atoms with Crippen molar-refractivity contribution in [3.8, 4) is 11.5 Å². The largest absolute Gasteiger partial charge is 0.478 e. The predicted octanol–water partition coefficient (Wildman–Crippen LogP) is 4.19. The van der Waals surface area contributed by atoms with Gasteiger partial charge in [0, 0.05) is 6.08 Å². The van der Waals surface area contributed by atoms with Gasteiger partial charge in [-0.2, -0.15) is 0 Å². The summed E-state index contributed by atoms with van der Waals surface area (Å²) >= 11 is 0. The topological polar surface area (TPSA) is 46.5 Å². The Balaban J connectivity index is 2.10. The number of hydrogen-bond donors (Lipinski definition) is 1. The van der Waals surface area contributed by atoms with E-state index in [2.05, 4.69) is 6.92 Å². The fraction of sp³-hybridized carbons (Fsp3) is 0.118. The van der Waals surface area contributed by atoms with Crippen LogP contribution in [0.5, 0.6) is 11.5 Å². The molecular weight excluding hydrogens is 252 g/mol. The van der Waals surface area contributed by atoms with Gasteiger partial charge in [-0.05, 0) is 60.9 Å². The third-order valence-corrected chi connectivity index (χ3v) is 3.01. The molecule has 0 saturated heterocycles. The molecule has 0 amide bonds. The summed E-state index contributed by atoms with van der Waals surface area (Å²) in [7, 11) is 0. The lowest BCUT2D eigenvalue weighted by molar-refractivity contribution is -0.131. The summed E-state index contributed by atoms with van der Waals surface area (Å²) in [5.74, 6) is 0.558. The molecule has 2 aromatic rings. The smallest absolute Gasteiger partial charge is 0.328 e. The average Bonchev–Trinajstić information content (AvgIpc) is 2.42. The van der Waals surface area contributed by atoms with Crippen LogP contribution < -0.4 is 4.74 Å². The van der Waals surface area contributed by atoms with Gasteiger partial charge in [0.1, 0.15) is 11.5 Å². The number of benzene rings is 2. The molecule has 0 bridgehead atoms. The normalized spacial score (nSPS) is 10.7. The Bertz CT molecular complexity index is 640. The average molecular weight is 268 g/mol. The quantitative estimate of drug-likeness (QED) is 0.845. The lowest BCUT2D eigenvalue weighted by Gasteiger charge is -2.08. The van der Waals surface area contributed by atoms with Crippen molar-refractivity contribution in [2.24, 2.45) is 0 Å². The zero-order chi connectivity index (χ0) is 14.5. The molecule has 0 atom stereocenters. The number of ether oxygens (including phenoxy) is 1. The molecule has 0 spiro atoms. The maximum Gasteiger partial charge on any atom is 0.328 e. The third-order valence-electron chi connectivity index (χ3n) is 3.01. The van der Waals surface area contributed by atoms with Crippen LogP contribution in [0.25, 0.3) is 6.08 Å². The van der Waals surface area contributed by atoms with Crippen LogP contribution >= 0.6 is 0 Å². The minimum absolute atomic E-state index is 0.723. The van der Waals surface area contributed by atoms with Crippen molar-refractivity contribution >= 4 is 12.0 Å². The van der Waals surface area contributed by atoms with E-state index in [-0.39, 0.29) is 0 Å². The first kappa shape index (κ1) is 13.9.